The van der Waals surface area contributed by atoms with Crippen LogP contribution >= 0.6 is 0 Å². The zero-order valence-corrected chi connectivity index (χ0v) is 9.99. The largest absolute Gasteiger partial charge is 0.477 e. The second-order valence-electron chi connectivity index (χ2n) is 4.52. The van der Waals surface area contributed by atoms with Crippen molar-refractivity contribution >= 4 is 5.97 Å². The lowest BCUT2D eigenvalue weighted by Gasteiger charge is -2.32. The average molecular weight is 252 g/mol. The maximum atomic E-state index is 13.4. The number of rotatable bonds is 5. The van der Waals surface area contributed by atoms with Gasteiger partial charge >= 0.3 is 11.9 Å². The van der Waals surface area contributed by atoms with Crippen LogP contribution in [0.5, 0.6) is 0 Å². The molecule has 0 radical (unpaired) electrons. The Hall–Kier alpha value is -0.750. The highest BCUT2D eigenvalue weighted by atomic mass is 19.3. The first kappa shape index (κ1) is 14.3. The van der Waals surface area contributed by atoms with E-state index in [2.05, 4.69) is 0 Å². The summed E-state index contributed by atoms with van der Waals surface area (Å²) in [5.74, 6) is -6.66. The molecule has 1 aliphatic heterocycles. The molecule has 1 heterocycles. The molecule has 0 saturated carbocycles. The molecule has 1 fully saturated rings. The van der Waals surface area contributed by atoms with Crippen LogP contribution in [-0.2, 0) is 14.3 Å². The second kappa shape index (κ2) is 5.73. The van der Waals surface area contributed by atoms with Gasteiger partial charge in [-0.1, -0.05) is 13.8 Å². The molecule has 6 heteroatoms. The van der Waals surface area contributed by atoms with E-state index in [1.165, 1.54) is 13.8 Å². The first-order valence-electron chi connectivity index (χ1n) is 5.74. The number of carbonyl (C=O) groups is 1. The lowest BCUT2D eigenvalue weighted by Crippen LogP contribution is -2.48. The van der Waals surface area contributed by atoms with E-state index in [1.54, 1.807) is 0 Å². The van der Waals surface area contributed by atoms with Gasteiger partial charge in [0.25, 0.3) is 0 Å². The van der Waals surface area contributed by atoms with E-state index in [-0.39, 0.29) is 0 Å². The Bertz CT molecular complexity index is 262. The molecule has 0 aromatic heterocycles. The van der Waals surface area contributed by atoms with Crippen molar-refractivity contribution in [2.24, 2.45) is 5.92 Å². The third-order valence-electron chi connectivity index (χ3n) is 2.68. The highest BCUT2D eigenvalue weighted by molar-refractivity contribution is 5.76. The maximum absolute atomic E-state index is 13.4. The Labute approximate surface area is 98.9 Å². The molecular formula is C11H18F2O4. The predicted octanol–water partition coefficient (Wildman–Crippen LogP) is 2.27. The minimum atomic E-state index is -3.89. The molecule has 2 unspecified atom stereocenters. The van der Waals surface area contributed by atoms with Crippen molar-refractivity contribution in [3.8, 4) is 0 Å². The third kappa shape index (κ3) is 3.61. The van der Waals surface area contributed by atoms with Crippen molar-refractivity contribution in [1.82, 2.24) is 0 Å². The van der Waals surface area contributed by atoms with Crippen molar-refractivity contribution in [3.05, 3.63) is 0 Å². The minimum Gasteiger partial charge on any atom is -0.477 e. The van der Waals surface area contributed by atoms with E-state index in [0.29, 0.717) is 13.0 Å². The summed E-state index contributed by atoms with van der Waals surface area (Å²) in [6.07, 6.45) is -0.140. The molecule has 1 N–H and O–H groups in total. The number of alkyl halides is 2. The van der Waals surface area contributed by atoms with E-state index in [4.69, 9.17) is 14.6 Å². The predicted molar refractivity (Wildman–Crippen MR) is 55.9 cm³/mol. The van der Waals surface area contributed by atoms with E-state index in [1.807, 2.05) is 0 Å². The summed E-state index contributed by atoms with van der Waals surface area (Å²) >= 11 is 0. The van der Waals surface area contributed by atoms with Gasteiger partial charge < -0.3 is 14.6 Å². The van der Waals surface area contributed by atoms with Gasteiger partial charge in [0.05, 0.1) is 0 Å². The van der Waals surface area contributed by atoms with Crippen LogP contribution in [0.15, 0.2) is 0 Å². The summed E-state index contributed by atoms with van der Waals surface area (Å²) < 4.78 is 37.2. The fraction of sp³-hybridized carbons (Fsp3) is 0.909. The monoisotopic (exact) mass is 252 g/mol. The van der Waals surface area contributed by atoms with E-state index < -0.39 is 30.2 Å². The number of hydrogen-bond acceptors (Lipinski definition) is 3. The number of hydrogen-bond donors (Lipinski definition) is 1. The molecule has 2 atom stereocenters. The van der Waals surface area contributed by atoms with Crippen LogP contribution in [0.3, 0.4) is 0 Å². The van der Waals surface area contributed by atoms with Gasteiger partial charge in [0.15, 0.2) is 6.29 Å². The summed E-state index contributed by atoms with van der Waals surface area (Å²) in [5, 5.41) is 8.52. The lowest BCUT2D eigenvalue weighted by atomic mass is 10.0. The van der Waals surface area contributed by atoms with Crippen LogP contribution in [0.4, 0.5) is 8.78 Å². The van der Waals surface area contributed by atoms with Gasteiger partial charge in [-0.2, -0.15) is 8.78 Å². The molecule has 17 heavy (non-hydrogen) atoms. The highest BCUT2D eigenvalue weighted by Crippen LogP contribution is 2.30. The number of aliphatic carboxylic acids is 1. The Morgan fingerprint density at radius 2 is 2.12 bits per heavy atom. The molecule has 0 aromatic carbocycles. The number of ether oxygens (including phenoxy) is 2. The maximum Gasteiger partial charge on any atom is 0.377 e. The van der Waals surface area contributed by atoms with Crippen LogP contribution in [0.2, 0.25) is 0 Å². The van der Waals surface area contributed by atoms with E-state index in [0.717, 1.165) is 12.8 Å². The van der Waals surface area contributed by atoms with Crippen LogP contribution in [0, 0.1) is 5.92 Å². The molecule has 100 valence electrons. The fourth-order valence-corrected chi connectivity index (χ4v) is 1.76. The van der Waals surface area contributed by atoms with Crippen molar-refractivity contribution in [2.75, 3.05) is 6.61 Å². The van der Waals surface area contributed by atoms with Crippen molar-refractivity contribution in [3.63, 3.8) is 0 Å². The second-order valence-corrected chi connectivity index (χ2v) is 4.52. The summed E-state index contributed by atoms with van der Waals surface area (Å²) in [6.45, 7) is 3.48. The average Bonchev–Trinajstić information content (AvgIpc) is 2.26. The third-order valence-corrected chi connectivity index (χ3v) is 2.68. The molecule has 1 rings (SSSR count). The summed E-state index contributed by atoms with van der Waals surface area (Å²) in [4.78, 5) is 10.5. The molecule has 4 nitrogen and oxygen atoms in total. The molecule has 0 aromatic rings. The Kier molecular flexibility index (Phi) is 4.82. The van der Waals surface area contributed by atoms with Crippen molar-refractivity contribution in [2.45, 2.75) is 51.4 Å². The van der Waals surface area contributed by atoms with E-state index >= 15 is 0 Å². The number of halogens is 2. The Morgan fingerprint density at radius 1 is 1.47 bits per heavy atom. The van der Waals surface area contributed by atoms with Gasteiger partial charge in [-0.05, 0) is 25.2 Å². The van der Waals surface area contributed by atoms with Gasteiger partial charge in [0.1, 0.15) is 6.10 Å². The quantitative estimate of drug-likeness (QED) is 0.815. The van der Waals surface area contributed by atoms with Crippen LogP contribution < -0.4 is 0 Å². The minimum absolute atomic E-state index is 0.466. The van der Waals surface area contributed by atoms with E-state index in [9.17, 15) is 13.6 Å². The standard InChI is InChI=1S/C11H18F2O4/c1-7(2)9(11(12,13)10(14)15)17-8-5-3-4-6-16-8/h7-9H,3-6H2,1-2H3,(H,14,15). The van der Waals surface area contributed by atoms with Crippen LogP contribution in [-0.4, -0.2) is 36.0 Å². The molecule has 0 aliphatic carbocycles. The Morgan fingerprint density at radius 3 is 2.53 bits per heavy atom. The topological polar surface area (TPSA) is 55.8 Å². The van der Waals surface area contributed by atoms with Crippen LogP contribution in [0.1, 0.15) is 33.1 Å². The number of carboxylic acid groups (broad SMARTS) is 1. The van der Waals surface area contributed by atoms with Gasteiger partial charge in [-0.25, -0.2) is 4.79 Å². The van der Waals surface area contributed by atoms with Gasteiger partial charge in [-0.15, -0.1) is 0 Å². The number of carboxylic acids is 1. The summed E-state index contributed by atoms with van der Waals surface area (Å²) in [6, 6.07) is 0. The summed E-state index contributed by atoms with van der Waals surface area (Å²) in [5.41, 5.74) is 0. The molecule has 1 saturated heterocycles. The van der Waals surface area contributed by atoms with Gasteiger partial charge in [-0.3, -0.25) is 0 Å². The van der Waals surface area contributed by atoms with Crippen LogP contribution in [0.25, 0.3) is 0 Å². The Balaban J connectivity index is 2.68. The highest BCUT2D eigenvalue weighted by Gasteiger charge is 2.51. The van der Waals surface area contributed by atoms with Crippen molar-refractivity contribution < 1.29 is 28.2 Å². The zero-order chi connectivity index (χ0) is 13.1. The molecular weight excluding hydrogens is 234 g/mol. The molecule has 0 amide bonds. The van der Waals surface area contributed by atoms with Crippen molar-refractivity contribution in [1.29, 1.82) is 0 Å². The zero-order valence-electron chi connectivity index (χ0n) is 9.99. The molecule has 0 bridgehead atoms. The van der Waals surface area contributed by atoms with Gasteiger partial charge in [0, 0.05) is 6.61 Å². The molecule has 0 spiro atoms. The fourth-order valence-electron chi connectivity index (χ4n) is 1.76. The molecule has 1 aliphatic rings. The normalized spacial score (nSPS) is 23.7. The first-order valence-corrected chi connectivity index (χ1v) is 5.74. The smallest absolute Gasteiger partial charge is 0.377 e. The lowest BCUT2D eigenvalue weighted by molar-refractivity contribution is -0.251. The van der Waals surface area contributed by atoms with Gasteiger partial charge in [0.2, 0.25) is 0 Å². The first-order chi connectivity index (χ1) is 7.85. The SMILES string of the molecule is CC(C)C(OC1CCCCO1)C(F)(F)C(=O)O. The summed E-state index contributed by atoms with van der Waals surface area (Å²) in [7, 11) is 0.